The van der Waals surface area contributed by atoms with Gasteiger partial charge in [-0.1, -0.05) is 6.07 Å². The maximum Gasteiger partial charge on any atom is 0.306 e. The smallest absolute Gasteiger partial charge is 0.306 e. The van der Waals surface area contributed by atoms with E-state index in [4.69, 9.17) is 19.5 Å². The summed E-state index contributed by atoms with van der Waals surface area (Å²) in [5, 5.41) is 11.5. The third kappa shape index (κ3) is 6.65. The minimum atomic E-state index is -0.944. The van der Waals surface area contributed by atoms with E-state index >= 15 is 0 Å². The molecule has 1 N–H and O–H groups in total. The van der Waals surface area contributed by atoms with Gasteiger partial charge >= 0.3 is 5.97 Å². The van der Waals surface area contributed by atoms with Crippen molar-refractivity contribution < 1.29 is 23.8 Å². The summed E-state index contributed by atoms with van der Waals surface area (Å²) in [5.74, 6) is 0.480. The number of amides is 1. The van der Waals surface area contributed by atoms with E-state index < -0.39 is 18.0 Å². The molecule has 28 heavy (non-hydrogen) atoms. The maximum atomic E-state index is 12.1. The zero-order valence-electron chi connectivity index (χ0n) is 15.8. The molecule has 0 aliphatic heterocycles. The highest BCUT2D eigenvalue weighted by Crippen LogP contribution is 2.17. The van der Waals surface area contributed by atoms with E-state index in [1.54, 1.807) is 55.6 Å². The summed E-state index contributed by atoms with van der Waals surface area (Å²) in [6.45, 7) is 1.85. The van der Waals surface area contributed by atoms with E-state index in [1.807, 2.05) is 6.07 Å². The normalized spacial score (nSPS) is 11.0. The standard InChI is InChI=1S/C21H22N2O5/c1-15(21(25)23-17-6-3-5-16(13-17)14-22)28-20(24)7-4-12-27-19-10-8-18(26-2)9-11-19/h3,5-6,8-11,13,15H,4,7,12H2,1-2H3,(H,23,25)/t15-/m1/s1. The van der Waals surface area contributed by atoms with Crippen LogP contribution >= 0.6 is 0 Å². The molecule has 0 aromatic heterocycles. The van der Waals surface area contributed by atoms with Crippen LogP contribution in [0.5, 0.6) is 11.5 Å². The van der Waals surface area contributed by atoms with E-state index in [0.717, 1.165) is 5.75 Å². The van der Waals surface area contributed by atoms with Crippen molar-refractivity contribution in [3.63, 3.8) is 0 Å². The van der Waals surface area contributed by atoms with Crippen LogP contribution in [0.2, 0.25) is 0 Å². The lowest BCUT2D eigenvalue weighted by molar-refractivity contribution is -0.153. The SMILES string of the molecule is COc1ccc(OCCCC(=O)O[C@H](C)C(=O)Nc2cccc(C#N)c2)cc1. The zero-order valence-corrected chi connectivity index (χ0v) is 15.8. The Kier molecular flexibility index (Phi) is 7.85. The molecular weight excluding hydrogens is 360 g/mol. The number of ether oxygens (including phenoxy) is 3. The molecule has 2 aromatic rings. The summed E-state index contributed by atoms with van der Waals surface area (Å²) >= 11 is 0. The molecule has 0 aliphatic carbocycles. The molecule has 7 heteroatoms. The summed E-state index contributed by atoms with van der Waals surface area (Å²) in [4.78, 5) is 24.0. The number of methoxy groups -OCH3 is 1. The summed E-state index contributed by atoms with van der Waals surface area (Å²) in [6, 6.07) is 15.6. The number of nitriles is 1. The lowest BCUT2D eigenvalue weighted by Crippen LogP contribution is -2.30. The zero-order chi connectivity index (χ0) is 20.4. The van der Waals surface area contributed by atoms with Crippen LogP contribution < -0.4 is 14.8 Å². The summed E-state index contributed by atoms with van der Waals surface area (Å²) in [7, 11) is 1.59. The Morgan fingerprint density at radius 2 is 1.86 bits per heavy atom. The Bertz CT molecular complexity index is 843. The molecule has 0 fully saturated rings. The van der Waals surface area contributed by atoms with Gasteiger partial charge in [-0.15, -0.1) is 0 Å². The van der Waals surface area contributed by atoms with Crippen LogP contribution in [0.15, 0.2) is 48.5 Å². The maximum absolute atomic E-state index is 12.1. The van der Waals surface area contributed by atoms with Crippen LogP contribution in [0.4, 0.5) is 5.69 Å². The van der Waals surface area contributed by atoms with Crippen molar-refractivity contribution in [2.45, 2.75) is 25.9 Å². The molecule has 1 atom stereocenters. The predicted molar refractivity (Wildman–Crippen MR) is 103 cm³/mol. The molecule has 2 aromatic carbocycles. The fourth-order valence-corrected chi connectivity index (χ4v) is 2.30. The van der Waals surface area contributed by atoms with Gasteiger partial charge < -0.3 is 19.5 Å². The first-order valence-corrected chi connectivity index (χ1v) is 8.79. The van der Waals surface area contributed by atoms with E-state index in [2.05, 4.69) is 5.32 Å². The fourth-order valence-electron chi connectivity index (χ4n) is 2.30. The Morgan fingerprint density at radius 1 is 1.14 bits per heavy atom. The number of rotatable bonds is 9. The van der Waals surface area contributed by atoms with E-state index in [-0.39, 0.29) is 6.42 Å². The lowest BCUT2D eigenvalue weighted by Gasteiger charge is -2.14. The van der Waals surface area contributed by atoms with Gasteiger partial charge in [-0.25, -0.2) is 0 Å². The second-order valence-corrected chi connectivity index (χ2v) is 5.94. The molecular formula is C21H22N2O5. The molecule has 2 rings (SSSR count). The van der Waals surface area contributed by atoms with Gasteiger partial charge in [0.1, 0.15) is 11.5 Å². The molecule has 0 saturated carbocycles. The second-order valence-electron chi connectivity index (χ2n) is 5.94. The van der Waals surface area contributed by atoms with Crippen molar-refractivity contribution in [2.75, 3.05) is 19.0 Å². The topological polar surface area (TPSA) is 97.7 Å². The van der Waals surface area contributed by atoms with Crippen LogP contribution in [0.25, 0.3) is 0 Å². The van der Waals surface area contributed by atoms with Gasteiger partial charge in [0.05, 0.1) is 25.3 Å². The van der Waals surface area contributed by atoms with Crippen molar-refractivity contribution in [1.82, 2.24) is 0 Å². The minimum absolute atomic E-state index is 0.137. The number of nitrogens with zero attached hydrogens (tertiary/aromatic N) is 1. The van der Waals surface area contributed by atoms with E-state index in [0.29, 0.717) is 30.0 Å². The van der Waals surface area contributed by atoms with Crippen molar-refractivity contribution in [3.05, 3.63) is 54.1 Å². The molecule has 0 saturated heterocycles. The number of hydrogen-bond acceptors (Lipinski definition) is 6. The van der Waals surface area contributed by atoms with Gasteiger partial charge in [-0.05, 0) is 55.8 Å². The average Bonchev–Trinajstić information content (AvgIpc) is 2.71. The number of esters is 1. The minimum Gasteiger partial charge on any atom is -0.497 e. The van der Waals surface area contributed by atoms with E-state index in [9.17, 15) is 9.59 Å². The van der Waals surface area contributed by atoms with Gasteiger partial charge in [0.25, 0.3) is 5.91 Å². The summed E-state index contributed by atoms with van der Waals surface area (Å²) < 4.78 is 15.7. The Balaban J connectivity index is 1.69. The van der Waals surface area contributed by atoms with Gasteiger partial charge in [0.2, 0.25) is 0 Å². The molecule has 0 spiro atoms. The van der Waals surface area contributed by atoms with Crippen LogP contribution in [0.1, 0.15) is 25.3 Å². The van der Waals surface area contributed by atoms with Crippen LogP contribution in [0.3, 0.4) is 0 Å². The number of nitrogens with one attached hydrogen (secondary N) is 1. The monoisotopic (exact) mass is 382 g/mol. The Morgan fingerprint density at radius 3 is 2.54 bits per heavy atom. The second kappa shape index (κ2) is 10.6. The molecule has 0 bridgehead atoms. The third-order valence-electron chi connectivity index (χ3n) is 3.79. The number of carbonyl (C=O) groups is 2. The Hall–Kier alpha value is -3.53. The van der Waals surface area contributed by atoms with Crippen LogP contribution in [0, 0.1) is 11.3 Å². The van der Waals surface area contributed by atoms with Crippen molar-refractivity contribution in [1.29, 1.82) is 5.26 Å². The van der Waals surface area contributed by atoms with Crippen LogP contribution in [-0.4, -0.2) is 31.7 Å². The fraction of sp³-hybridized carbons (Fsp3) is 0.286. The largest absolute Gasteiger partial charge is 0.497 e. The van der Waals surface area contributed by atoms with Gasteiger partial charge in [0.15, 0.2) is 6.10 Å². The predicted octanol–water partition coefficient (Wildman–Crippen LogP) is 3.30. The van der Waals surface area contributed by atoms with E-state index in [1.165, 1.54) is 6.92 Å². The number of hydrogen-bond donors (Lipinski definition) is 1. The molecule has 0 unspecified atom stereocenters. The molecule has 0 radical (unpaired) electrons. The summed E-state index contributed by atoms with van der Waals surface area (Å²) in [5.41, 5.74) is 0.902. The molecule has 0 heterocycles. The quantitative estimate of drug-likeness (QED) is 0.528. The summed E-state index contributed by atoms with van der Waals surface area (Å²) in [6.07, 6.45) is -0.345. The van der Waals surface area contributed by atoms with Gasteiger partial charge in [0, 0.05) is 12.1 Å². The molecule has 146 valence electrons. The Labute approximate surface area is 163 Å². The lowest BCUT2D eigenvalue weighted by atomic mass is 10.2. The third-order valence-corrected chi connectivity index (χ3v) is 3.79. The highest BCUT2D eigenvalue weighted by molar-refractivity contribution is 5.95. The van der Waals surface area contributed by atoms with Crippen molar-refractivity contribution in [2.24, 2.45) is 0 Å². The first-order valence-electron chi connectivity index (χ1n) is 8.79. The molecule has 0 aliphatic rings. The molecule has 7 nitrogen and oxygen atoms in total. The first kappa shape index (κ1) is 20.8. The number of anilines is 1. The number of benzene rings is 2. The molecule has 1 amide bonds. The number of carbonyl (C=O) groups excluding carboxylic acids is 2. The first-order chi connectivity index (χ1) is 13.5. The van der Waals surface area contributed by atoms with Gasteiger partial charge in [-0.3, -0.25) is 9.59 Å². The van der Waals surface area contributed by atoms with Gasteiger partial charge in [-0.2, -0.15) is 5.26 Å². The highest BCUT2D eigenvalue weighted by Gasteiger charge is 2.17. The van der Waals surface area contributed by atoms with Crippen molar-refractivity contribution in [3.8, 4) is 17.6 Å². The average molecular weight is 382 g/mol. The highest BCUT2D eigenvalue weighted by atomic mass is 16.5. The van der Waals surface area contributed by atoms with Crippen molar-refractivity contribution >= 4 is 17.6 Å². The van der Waals surface area contributed by atoms with Crippen LogP contribution in [-0.2, 0) is 14.3 Å².